The number of hydrogen-bond acceptors (Lipinski definition) is 10. The Morgan fingerprint density at radius 2 is 1.71 bits per heavy atom. The van der Waals surface area contributed by atoms with Crippen LogP contribution in [-0.2, 0) is 6.42 Å². The number of hydrogen-bond donors (Lipinski definition) is 2. The van der Waals surface area contributed by atoms with Crippen LogP contribution in [0.3, 0.4) is 0 Å². The molecule has 45 heavy (non-hydrogen) atoms. The third-order valence-corrected chi connectivity index (χ3v) is 8.70. The number of nitrogens with one attached hydrogen (secondary N) is 2. The van der Waals surface area contributed by atoms with E-state index < -0.39 is 0 Å². The molecule has 0 radical (unpaired) electrons. The van der Waals surface area contributed by atoms with Crippen molar-refractivity contribution in [2.24, 2.45) is 0 Å². The number of fused-ring (bicyclic) bond motifs is 2. The zero-order chi connectivity index (χ0) is 30.8. The van der Waals surface area contributed by atoms with Crippen LogP contribution < -0.4 is 24.6 Å². The first kappa shape index (κ1) is 28.8. The zero-order valence-electron chi connectivity index (χ0n) is 25.0. The van der Waals surface area contributed by atoms with Crippen molar-refractivity contribution in [1.29, 1.82) is 0 Å². The van der Waals surface area contributed by atoms with Gasteiger partial charge < -0.3 is 24.6 Å². The highest BCUT2D eigenvalue weighted by Gasteiger charge is 2.24. The molecule has 1 fully saturated rings. The van der Waals surface area contributed by atoms with Crippen LogP contribution in [0.4, 0.5) is 17.5 Å². The number of aromatic nitrogens is 6. The summed E-state index contributed by atoms with van der Waals surface area (Å²) in [7, 11) is 3.39. The van der Waals surface area contributed by atoms with Gasteiger partial charge in [0.05, 0.1) is 25.3 Å². The third kappa shape index (κ3) is 5.93. The quantitative estimate of drug-likeness (QED) is 0.198. The second-order valence-corrected chi connectivity index (χ2v) is 11.6. The minimum Gasteiger partial charge on any atom is -0.497 e. The zero-order valence-corrected chi connectivity index (χ0v) is 26.6. The number of ether oxygens (including phenoxy) is 2. The molecular weight excluding hydrogens is 634 g/mol. The van der Waals surface area contributed by atoms with Crippen molar-refractivity contribution in [3.8, 4) is 22.8 Å². The Labute approximate surface area is 268 Å². The van der Waals surface area contributed by atoms with Crippen molar-refractivity contribution in [1.82, 2.24) is 30.1 Å². The van der Waals surface area contributed by atoms with Crippen LogP contribution in [0.15, 0.2) is 77.8 Å². The fraction of sp³-hybridized carbons (Fsp3) is 0.242. The predicted octanol–water partition coefficient (Wildman–Crippen LogP) is 5.72. The van der Waals surface area contributed by atoms with E-state index in [4.69, 9.17) is 14.5 Å². The molecule has 1 aliphatic heterocycles. The monoisotopic (exact) mass is 665 g/mol. The lowest BCUT2D eigenvalue weighted by atomic mass is 10.0. The second kappa shape index (κ2) is 12.6. The van der Waals surface area contributed by atoms with Crippen LogP contribution in [0.5, 0.6) is 11.5 Å². The van der Waals surface area contributed by atoms with Crippen molar-refractivity contribution >= 4 is 55.2 Å². The van der Waals surface area contributed by atoms with Crippen LogP contribution in [0.25, 0.3) is 33.1 Å². The van der Waals surface area contributed by atoms with Gasteiger partial charge in [-0.25, -0.2) is 19.9 Å². The molecule has 1 aliphatic rings. The third-order valence-electron chi connectivity index (χ3n) is 8.13. The van der Waals surface area contributed by atoms with Crippen LogP contribution >= 0.6 is 15.9 Å². The number of anilines is 3. The molecule has 2 N–H and O–H groups in total. The lowest BCUT2D eigenvalue weighted by Crippen LogP contribution is -2.47. The summed E-state index contributed by atoms with van der Waals surface area (Å²) < 4.78 is 11.8. The van der Waals surface area contributed by atoms with Gasteiger partial charge in [0.1, 0.15) is 28.2 Å². The minimum absolute atomic E-state index is 0.599. The molecule has 3 aromatic heterocycles. The van der Waals surface area contributed by atoms with Gasteiger partial charge in [0.25, 0.3) is 0 Å². The van der Waals surface area contributed by atoms with Crippen LogP contribution in [0.2, 0.25) is 0 Å². The summed E-state index contributed by atoms with van der Waals surface area (Å²) in [4.78, 5) is 23.0. The van der Waals surface area contributed by atoms with Gasteiger partial charge in [-0.15, -0.1) is 0 Å². The van der Waals surface area contributed by atoms with Gasteiger partial charge >= 0.3 is 0 Å². The normalized spacial score (nSPS) is 13.4. The SMILES string of the molecule is COc1cccc(CCNc2nccc(-c3cc(N4CCN(c5ncnc6n[nH]c(Br)c56)CC4)c4cc(OC)ccc4c3)n2)c1. The first-order valence-corrected chi connectivity index (χ1v) is 15.6. The fourth-order valence-electron chi connectivity index (χ4n) is 5.81. The summed E-state index contributed by atoms with van der Waals surface area (Å²) in [5.41, 5.74) is 4.88. The standard InChI is InChI=1S/C33H32BrN9O2/c1-44-24-5-3-4-21(16-24)8-10-35-33-36-11-9-27(39-33)23-17-22-6-7-25(45-2)19-26(22)28(18-23)42-12-14-43(15-13-42)32-29-30(34)40-41-31(29)37-20-38-32/h3-7,9,11,16-20H,8,10,12-15H2,1-2H3,(H,35,36,39)(H,37,38,40,41). The van der Waals surface area contributed by atoms with E-state index in [-0.39, 0.29) is 0 Å². The molecule has 6 aromatic rings. The number of nitrogens with zero attached hydrogens (tertiary/aromatic N) is 7. The van der Waals surface area contributed by atoms with E-state index in [0.29, 0.717) is 18.1 Å². The van der Waals surface area contributed by atoms with Crippen molar-refractivity contribution in [3.63, 3.8) is 0 Å². The maximum atomic E-state index is 5.61. The van der Waals surface area contributed by atoms with Gasteiger partial charge in [0.15, 0.2) is 5.65 Å². The van der Waals surface area contributed by atoms with Gasteiger partial charge in [-0.3, -0.25) is 5.10 Å². The van der Waals surface area contributed by atoms with Gasteiger partial charge in [-0.2, -0.15) is 5.10 Å². The Morgan fingerprint density at radius 1 is 0.889 bits per heavy atom. The van der Waals surface area contributed by atoms with Crippen LogP contribution in [0, 0.1) is 0 Å². The summed E-state index contributed by atoms with van der Waals surface area (Å²) in [5, 5.41) is 13.8. The summed E-state index contributed by atoms with van der Waals surface area (Å²) in [5.74, 6) is 3.16. The molecule has 3 aromatic carbocycles. The average Bonchev–Trinajstić information content (AvgIpc) is 3.48. The van der Waals surface area contributed by atoms with Gasteiger partial charge in [0, 0.05) is 55.6 Å². The first-order chi connectivity index (χ1) is 22.1. The maximum Gasteiger partial charge on any atom is 0.223 e. The smallest absolute Gasteiger partial charge is 0.223 e. The van der Waals surface area contributed by atoms with Crippen LogP contribution in [0.1, 0.15) is 5.56 Å². The van der Waals surface area contributed by atoms with E-state index in [1.165, 1.54) is 5.56 Å². The predicted molar refractivity (Wildman–Crippen MR) is 181 cm³/mol. The molecule has 0 atom stereocenters. The number of rotatable bonds is 9. The fourth-order valence-corrected chi connectivity index (χ4v) is 6.25. The molecule has 228 valence electrons. The molecule has 11 nitrogen and oxygen atoms in total. The molecule has 1 saturated heterocycles. The lowest BCUT2D eigenvalue weighted by Gasteiger charge is -2.37. The topological polar surface area (TPSA) is 117 Å². The summed E-state index contributed by atoms with van der Waals surface area (Å²) >= 11 is 3.57. The molecule has 0 amide bonds. The molecule has 7 rings (SSSR count). The van der Waals surface area contributed by atoms with Crippen molar-refractivity contribution in [2.45, 2.75) is 6.42 Å². The van der Waals surface area contributed by atoms with E-state index in [9.17, 15) is 0 Å². The number of piperazine rings is 1. The molecular formula is C33H32BrN9O2. The van der Waals surface area contributed by atoms with Crippen LogP contribution in [-0.4, -0.2) is 77.1 Å². The Morgan fingerprint density at radius 3 is 2.56 bits per heavy atom. The Hall–Kier alpha value is -4.97. The maximum absolute atomic E-state index is 5.61. The highest BCUT2D eigenvalue weighted by atomic mass is 79.9. The molecule has 0 aliphatic carbocycles. The molecule has 0 saturated carbocycles. The Balaban J connectivity index is 1.14. The van der Waals surface area contributed by atoms with Crippen molar-refractivity contribution < 1.29 is 9.47 Å². The first-order valence-electron chi connectivity index (χ1n) is 14.8. The number of methoxy groups -OCH3 is 2. The molecule has 0 bridgehead atoms. The summed E-state index contributed by atoms with van der Waals surface area (Å²) in [6.07, 6.45) is 4.21. The van der Waals surface area contributed by atoms with E-state index in [1.54, 1.807) is 20.5 Å². The van der Waals surface area contributed by atoms with E-state index in [0.717, 1.165) is 87.6 Å². The van der Waals surface area contributed by atoms with E-state index in [1.807, 2.05) is 30.5 Å². The van der Waals surface area contributed by atoms with E-state index >= 15 is 0 Å². The average molecular weight is 667 g/mol. The summed E-state index contributed by atoms with van der Waals surface area (Å²) in [6.45, 7) is 3.94. The number of aromatic amines is 1. The van der Waals surface area contributed by atoms with E-state index in [2.05, 4.69) is 92.6 Å². The Kier molecular flexibility index (Phi) is 8.04. The molecule has 12 heteroatoms. The number of benzene rings is 3. The second-order valence-electron chi connectivity index (χ2n) is 10.8. The Bertz CT molecular complexity index is 1970. The highest BCUT2D eigenvalue weighted by molar-refractivity contribution is 9.10. The molecule has 0 spiro atoms. The lowest BCUT2D eigenvalue weighted by molar-refractivity contribution is 0.414. The largest absolute Gasteiger partial charge is 0.497 e. The van der Waals surface area contributed by atoms with Gasteiger partial charge in [0.2, 0.25) is 5.95 Å². The minimum atomic E-state index is 0.599. The number of H-pyrrole nitrogens is 1. The summed E-state index contributed by atoms with van der Waals surface area (Å²) in [6, 6.07) is 20.7. The highest BCUT2D eigenvalue weighted by Crippen LogP contribution is 2.36. The number of halogens is 1. The van der Waals surface area contributed by atoms with Gasteiger partial charge in [-0.1, -0.05) is 18.2 Å². The van der Waals surface area contributed by atoms with Crippen molar-refractivity contribution in [3.05, 3.63) is 83.4 Å². The van der Waals surface area contributed by atoms with Gasteiger partial charge in [-0.05, 0) is 75.8 Å². The van der Waals surface area contributed by atoms with Crippen molar-refractivity contribution in [2.75, 3.05) is 62.1 Å². The molecule has 0 unspecified atom stereocenters. The molecule has 4 heterocycles.